The molecule has 2 aromatic carbocycles. The SMILES string of the molecule is COc1ccc(CC(=O)N[C@H](C)c2ccc(S(N)(=O)=O)cc2)cc1S(=O)(=O)N1CCOCC1. The minimum Gasteiger partial charge on any atom is -0.495 e. The third-order valence-corrected chi connectivity index (χ3v) is 8.12. The van der Waals surface area contributed by atoms with Crippen molar-refractivity contribution in [1.82, 2.24) is 9.62 Å². The topological polar surface area (TPSA) is 145 Å². The molecule has 0 aromatic heterocycles. The molecule has 1 heterocycles. The lowest BCUT2D eigenvalue weighted by molar-refractivity contribution is -0.121. The summed E-state index contributed by atoms with van der Waals surface area (Å²) in [4.78, 5) is 12.6. The first-order valence-electron chi connectivity index (χ1n) is 10.2. The Morgan fingerprint density at radius 2 is 1.76 bits per heavy atom. The Bertz CT molecular complexity index is 1210. The van der Waals surface area contributed by atoms with E-state index in [4.69, 9.17) is 14.6 Å². The molecule has 1 atom stereocenters. The average molecular weight is 498 g/mol. The van der Waals surface area contributed by atoms with Crippen molar-refractivity contribution >= 4 is 26.0 Å². The average Bonchev–Trinajstić information content (AvgIpc) is 2.79. The number of carbonyl (C=O) groups is 1. The summed E-state index contributed by atoms with van der Waals surface area (Å²) in [5, 5.41) is 7.93. The maximum absolute atomic E-state index is 13.1. The number of nitrogens with one attached hydrogen (secondary N) is 1. The monoisotopic (exact) mass is 497 g/mol. The van der Waals surface area contributed by atoms with Gasteiger partial charge in [0.2, 0.25) is 26.0 Å². The zero-order chi connectivity index (χ0) is 24.2. The van der Waals surface area contributed by atoms with E-state index in [-0.39, 0.29) is 41.0 Å². The van der Waals surface area contributed by atoms with Crippen LogP contribution in [0.15, 0.2) is 52.3 Å². The Labute approximate surface area is 193 Å². The van der Waals surface area contributed by atoms with Gasteiger partial charge in [-0.3, -0.25) is 4.79 Å². The lowest BCUT2D eigenvalue weighted by atomic mass is 10.1. The second-order valence-corrected chi connectivity index (χ2v) is 11.0. The Balaban J connectivity index is 1.73. The number of amides is 1. The molecule has 0 radical (unpaired) electrons. The van der Waals surface area contributed by atoms with Crippen molar-refractivity contribution in [1.29, 1.82) is 0 Å². The summed E-state index contributed by atoms with van der Waals surface area (Å²) in [7, 11) is -6.21. The fourth-order valence-electron chi connectivity index (χ4n) is 3.47. The molecular weight excluding hydrogens is 470 g/mol. The van der Waals surface area contributed by atoms with Crippen LogP contribution in [0, 0.1) is 0 Å². The molecule has 0 aliphatic carbocycles. The molecule has 0 unspecified atom stereocenters. The van der Waals surface area contributed by atoms with Gasteiger partial charge in [0.25, 0.3) is 0 Å². The lowest BCUT2D eigenvalue weighted by Gasteiger charge is -2.26. The molecule has 1 amide bonds. The number of hydrogen-bond acceptors (Lipinski definition) is 7. The van der Waals surface area contributed by atoms with Crippen LogP contribution < -0.4 is 15.2 Å². The van der Waals surface area contributed by atoms with Gasteiger partial charge in [0.1, 0.15) is 10.6 Å². The molecule has 33 heavy (non-hydrogen) atoms. The second kappa shape index (κ2) is 10.2. The first-order valence-corrected chi connectivity index (χ1v) is 13.2. The van der Waals surface area contributed by atoms with Crippen LogP contribution >= 0.6 is 0 Å². The van der Waals surface area contributed by atoms with Crippen molar-refractivity contribution in [2.24, 2.45) is 5.14 Å². The summed E-state index contributed by atoms with van der Waals surface area (Å²) in [6, 6.07) is 10.1. The summed E-state index contributed by atoms with van der Waals surface area (Å²) < 4.78 is 60.8. The third kappa shape index (κ3) is 6.09. The molecule has 12 heteroatoms. The van der Waals surface area contributed by atoms with Crippen molar-refractivity contribution in [2.45, 2.75) is 29.2 Å². The van der Waals surface area contributed by atoms with E-state index in [0.29, 0.717) is 24.3 Å². The molecule has 0 spiro atoms. The Hall–Kier alpha value is -2.51. The molecule has 0 saturated carbocycles. The summed E-state index contributed by atoms with van der Waals surface area (Å²) in [6.45, 7) is 2.89. The lowest BCUT2D eigenvalue weighted by Crippen LogP contribution is -2.40. The number of rotatable bonds is 8. The van der Waals surface area contributed by atoms with Crippen molar-refractivity contribution in [3.63, 3.8) is 0 Å². The quantitative estimate of drug-likeness (QED) is 0.548. The van der Waals surface area contributed by atoms with E-state index in [0.717, 1.165) is 0 Å². The fourth-order valence-corrected chi connectivity index (χ4v) is 5.60. The summed E-state index contributed by atoms with van der Waals surface area (Å²) in [5.41, 5.74) is 1.21. The van der Waals surface area contributed by atoms with Gasteiger partial charge in [0.15, 0.2) is 0 Å². The summed E-state index contributed by atoms with van der Waals surface area (Å²) in [5.74, 6) is -0.119. The minimum atomic E-state index is -3.81. The second-order valence-electron chi connectivity index (χ2n) is 7.58. The van der Waals surface area contributed by atoms with E-state index in [9.17, 15) is 21.6 Å². The largest absolute Gasteiger partial charge is 0.495 e. The van der Waals surface area contributed by atoms with E-state index in [1.54, 1.807) is 25.1 Å². The van der Waals surface area contributed by atoms with Crippen LogP contribution in [0.5, 0.6) is 5.75 Å². The van der Waals surface area contributed by atoms with E-state index in [2.05, 4.69) is 5.32 Å². The van der Waals surface area contributed by atoms with Crippen LogP contribution in [0.25, 0.3) is 0 Å². The van der Waals surface area contributed by atoms with Gasteiger partial charge in [-0.1, -0.05) is 18.2 Å². The normalized spacial score (nSPS) is 16.2. The molecular formula is C21H27N3O7S2. The highest BCUT2D eigenvalue weighted by atomic mass is 32.2. The molecule has 1 aliphatic heterocycles. The highest BCUT2D eigenvalue weighted by Gasteiger charge is 2.29. The molecule has 0 bridgehead atoms. The molecule has 2 aromatic rings. The van der Waals surface area contributed by atoms with Gasteiger partial charge in [-0.2, -0.15) is 4.31 Å². The van der Waals surface area contributed by atoms with E-state index in [1.807, 2.05) is 0 Å². The number of primary sulfonamides is 1. The Kier molecular flexibility index (Phi) is 7.75. The molecule has 3 rings (SSSR count). The van der Waals surface area contributed by atoms with Crippen molar-refractivity contribution in [3.05, 3.63) is 53.6 Å². The molecule has 180 valence electrons. The Morgan fingerprint density at radius 1 is 1.12 bits per heavy atom. The van der Waals surface area contributed by atoms with Crippen molar-refractivity contribution < 1.29 is 31.1 Å². The fraction of sp³-hybridized carbons (Fsp3) is 0.381. The zero-order valence-corrected chi connectivity index (χ0v) is 20.0. The highest BCUT2D eigenvalue weighted by molar-refractivity contribution is 7.89. The van der Waals surface area contributed by atoms with Crippen LogP contribution in [0.3, 0.4) is 0 Å². The van der Waals surface area contributed by atoms with Crippen molar-refractivity contribution in [2.75, 3.05) is 33.4 Å². The van der Waals surface area contributed by atoms with Gasteiger partial charge in [0.05, 0.1) is 37.7 Å². The van der Waals surface area contributed by atoms with Gasteiger partial charge >= 0.3 is 0 Å². The van der Waals surface area contributed by atoms with Crippen molar-refractivity contribution in [3.8, 4) is 5.75 Å². The van der Waals surface area contributed by atoms with E-state index in [1.165, 1.54) is 35.7 Å². The van der Waals surface area contributed by atoms with Gasteiger partial charge < -0.3 is 14.8 Å². The molecule has 10 nitrogen and oxygen atoms in total. The van der Waals surface area contributed by atoms with E-state index >= 15 is 0 Å². The molecule has 1 aliphatic rings. The standard InChI is InChI=1S/C21H27N3O7S2/c1-15(17-4-6-18(7-5-17)32(22,26)27)23-21(25)14-16-3-8-19(30-2)20(13-16)33(28,29)24-9-11-31-12-10-24/h3-8,13,15H,9-12,14H2,1-2H3,(H,23,25)(H2,22,26,27)/t15-/m1/s1. The van der Waals surface area contributed by atoms with Crippen LogP contribution in [0.2, 0.25) is 0 Å². The Morgan fingerprint density at radius 3 is 2.33 bits per heavy atom. The van der Waals surface area contributed by atoms with Gasteiger partial charge in [0, 0.05) is 13.1 Å². The number of methoxy groups -OCH3 is 1. The number of morpholine rings is 1. The first-order chi connectivity index (χ1) is 15.5. The van der Waals surface area contributed by atoms with Gasteiger partial charge in [-0.25, -0.2) is 22.0 Å². The zero-order valence-electron chi connectivity index (χ0n) is 18.4. The highest BCUT2D eigenvalue weighted by Crippen LogP contribution is 2.28. The van der Waals surface area contributed by atoms with Crippen LogP contribution in [0.1, 0.15) is 24.1 Å². The van der Waals surface area contributed by atoms with Crippen LogP contribution in [-0.4, -0.2) is 60.5 Å². The number of nitrogens with two attached hydrogens (primary N) is 1. The van der Waals surface area contributed by atoms with Crippen LogP contribution in [-0.2, 0) is 36.0 Å². The number of sulfonamides is 2. The van der Waals surface area contributed by atoms with E-state index < -0.39 is 26.1 Å². The molecule has 3 N–H and O–H groups in total. The van der Waals surface area contributed by atoms with Gasteiger partial charge in [-0.05, 0) is 42.3 Å². The number of carbonyl (C=O) groups excluding carboxylic acids is 1. The smallest absolute Gasteiger partial charge is 0.246 e. The predicted molar refractivity (Wildman–Crippen MR) is 121 cm³/mol. The maximum atomic E-state index is 13.1. The molecule has 1 saturated heterocycles. The number of hydrogen-bond donors (Lipinski definition) is 2. The van der Waals surface area contributed by atoms with Gasteiger partial charge in [-0.15, -0.1) is 0 Å². The summed E-state index contributed by atoms with van der Waals surface area (Å²) >= 11 is 0. The number of benzene rings is 2. The first kappa shape index (κ1) is 25.1. The number of ether oxygens (including phenoxy) is 2. The van der Waals surface area contributed by atoms with Crippen LogP contribution in [0.4, 0.5) is 0 Å². The molecule has 1 fully saturated rings. The predicted octanol–water partition coefficient (Wildman–Crippen LogP) is 0.783. The number of nitrogens with zero attached hydrogens (tertiary/aromatic N) is 1. The minimum absolute atomic E-state index is 0.00355. The maximum Gasteiger partial charge on any atom is 0.246 e. The third-order valence-electron chi connectivity index (χ3n) is 5.27. The summed E-state index contributed by atoms with van der Waals surface area (Å²) in [6.07, 6.45) is -0.0464.